The van der Waals surface area contributed by atoms with Gasteiger partial charge in [-0.1, -0.05) is 12.1 Å². The number of ether oxygens (including phenoxy) is 1. The fraction of sp³-hybridized carbons (Fsp3) is 0.345. The lowest BCUT2D eigenvalue weighted by atomic mass is 9.83. The van der Waals surface area contributed by atoms with Crippen molar-refractivity contribution in [2.24, 2.45) is 5.92 Å². The number of fused-ring (bicyclic) bond motifs is 4. The minimum Gasteiger partial charge on any atom is -0.383 e. The third-order valence-electron chi connectivity index (χ3n) is 7.37. The second kappa shape index (κ2) is 11.2. The summed E-state index contributed by atoms with van der Waals surface area (Å²) in [5, 5.41) is 5.49. The highest BCUT2D eigenvalue weighted by Gasteiger charge is 2.36. The van der Waals surface area contributed by atoms with Crippen LogP contribution in [0.25, 0.3) is 0 Å². The summed E-state index contributed by atoms with van der Waals surface area (Å²) in [4.78, 5) is 40.4. The van der Waals surface area contributed by atoms with E-state index >= 15 is 0 Å². The number of anilines is 2. The number of carbonyl (C=O) groups excluding carboxylic acids is 2. The first-order valence-corrected chi connectivity index (χ1v) is 13.0. The summed E-state index contributed by atoms with van der Waals surface area (Å²) in [5.41, 5.74) is 1.09. The number of hydrogen-bond acceptors (Lipinski definition) is 5. The Morgan fingerprint density at radius 2 is 1.75 bits per heavy atom. The highest BCUT2D eigenvalue weighted by atomic mass is 19.4. The first kappa shape index (κ1) is 27.4. The summed E-state index contributed by atoms with van der Waals surface area (Å²) in [6, 6.07) is 14.4. The molecule has 2 amide bonds. The molecule has 0 saturated carbocycles. The number of piperidine rings is 1. The molecule has 1 fully saturated rings. The lowest BCUT2D eigenvalue weighted by Crippen LogP contribution is -2.47. The van der Waals surface area contributed by atoms with Crippen LogP contribution in [0.5, 0.6) is 0 Å². The van der Waals surface area contributed by atoms with Crippen molar-refractivity contribution in [2.45, 2.75) is 25.1 Å². The van der Waals surface area contributed by atoms with Gasteiger partial charge in [0.1, 0.15) is 0 Å². The molecule has 1 saturated heterocycles. The molecule has 5 rings (SSSR count). The molecule has 0 spiro atoms. The highest BCUT2D eigenvalue weighted by molar-refractivity contribution is 6.07. The van der Waals surface area contributed by atoms with Crippen molar-refractivity contribution < 1.29 is 27.5 Å². The van der Waals surface area contributed by atoms with E-state index in [4.69, 9.17) is 4.74 Å². The fourth-order valence-electron chi connectivity index (χ4n) is 5.55. The number of aromatic nitrogens is 1. The van der Waals surface area contributed by atoms with Crippen molar-refractivity contribution in [1.29, 1.82) is 0 Å². The van der Waals surface area contributed by atoms with Crippen LogP contribution >= 0.6 is 0 Å². The summed E-state index contributed by atoms with van der Waals surface area (Å²) >= 11 is 0. The minimum atomic E-state index is -4.59. The summed E-state index contributed by atoms with van der Waals surface area (Å²) in [6.45, 7) is 2.38. The Balaban J connectivity index is 1.47. The van der Waals surface area contributed by atoms with Crippen LogP contribution in [-0.2, 0) is 17.5 Å². The van der Waals surface area contributed by atoms with Gasteiger partial charge in [-0.3, -0.25) is 14.4 Å². The molecule has 3 aromatic rings. The van der Waals surface area contributed by atoms with Crippen LogP contribution in [0, 0.1) is 5.92 Å². The van der Waals surface area contributed by atoms with Crippen molar-refractivity contribution in [3.8, 4) is 0 Å². The first-order chi connectivity index (χ1) is 19.1. The van der Waals surface area contributed by atoms with Gasteiger partial charge in [0, 0.05) is 62.1 Å². The van der Waals surface area contributed by atoms with Crippen molar-refractivity contribution in [1.82, 2.24) is 9.88 Å². The van der Waals surface area contributed by atoms with Crippen LogP contribution < -0.4 is 21.1 Å². The fourth-order valence-corrected chi connectivity index (χ4v) is 5.55. The summed E-state index contributed by atoms with van der Waals surface area (Å²) in [6.07, 6.45) is -3.67. The zero-order chi connectivity index (χ0) is 28.4. The van der Waals surface area contributed by atoms with Gasteiger partial charge in [-0.2, -0.15) is 13.2 Å². The Morgan fingerprint density at radius 1 is 0.975 bits per heavy atom. The number of amides is 2. The van der Waals surface area contributed by atoms with E-state index in [0.717, 1.165) is 24.2 Å². The van der Waals surface area contributed by atoms with E-state index < -0.39 is 17.6 Å². The van der Waals surface area contributed by atoms with Crippen LogP contribution in [0.3, 0.4) is 0 Å². The van der Waals surface area contributed by atoms with Crippen molar-refractivity contribution in [3.63, 3.8) is 0 Å². The number of hydrogen-bond donors (Lipinski definition) is 2. The van der Waals surface area contributed by atoms with Gasteiger partial charge in [0.05, 0.1) is 23.5 Å². The molecule has 2 atom stereocenters. The molecule has 40 heavy (non-hydrogen) atoms. The summed E-state index contributed by atoms with van der Waals surface area (Å²) < 4.78 is 46.6. The van der Waals surface area contributed by atoms with E-state index in [9.17, 15) is 27.6 Å². The summed E-state index contributed by atoms with van der Waals surface area (Å²) in [5.74, 6) is -0.818. The number of nitrogens with one attached hydrogen (secondary N) is 2. The molecular formula is C29H29F3N4O4. The maximum atomic E-state index is 13.3. The SMILES string of the molecule is COCCNC(=O)c1ccc(N2CC3CC(C2)c2cccc(=O)n2C3)c(NC(=O)c2cccc(C(F)(F)F)c2)c1. The Morgan fingerprint density at radius 3 is 2.52 bits per heavy atom. The first-order valence-electron chi connectivity index (χ1n) is 13.0. The Hall–Kier alpha value is -4.12. The predicted octanol–water partition coefficient (Wildman–Crippen LogP) is 4.12. The molecule has 2 aromatic carbocycles. The van der Waals surface area contributed by atoms with Crippen LogP contribution in [0.15, 0.2) is 65.5 Å². The van der Waals surface area contributed by atoms with Gasteiger partial charge in [0.2, 0.25) is 0 Å². The lowest BCUT2D eigenvalue weighted by Gasteiger charge is -2.44. The van der Waals surface area contributed by atoms with Gasteiger partial charge in [0.15, 0.2) is 0 Å². The van der Waals surface area contributed by atoms with E-state index in [0.29, 0.717) is 37.6 Å². The number of carbonyl (C=O) groups is 2. The molecule has 2 bridgehead atoms. The molecule has 210 valence electrons. The Kier molecular flexibility index (Phi) is 7.66. The predicted molar refractivity (Wildman–Crippen MR) is 144 cm³/mol. The molecule has 8 nitrogen and oxygen atoms in total. The number of halogens is 3. The van der Waals surface area contributed by atoms with Crippen LogP contribution in [0.4, 0.5) is 24.5 Å². The van der Waals surface area contributed by atoms with Gasteiger partial charge in [-0.25, -0.2) is 0 Å². The zero-order valence-corrected chi connectivity index (χ0v) is 21.8. The number of nitrogens with zero attached hydrogens (tertiary/aromatic N) is 2. The van der Waals surface area contributed by atoms with E-state index in [2.05, 4.69) is 15.5 Å². The van der Waals surface area contributed by atoms with Gasteiger partial charge < -0.3 is 24.8 Å². The smallest absolute Gasteiger partial charge is 0.383 e. The van der Waals surface area contributed by atoms with E-state index in [1.807, 2.05) is 10.6 Å². The minimum absolute atomic E-state index is 0.0291. The molecular weight excluding hydrogens is 525 g/mol. The van der Waals surface area contributed by atoms with Crippen LogP contribution in [0.2, 0.25) is 0 Å². The van der Waals surface area contributed by atoms with Gasteiger partial charge in [-0.15, -0.1) is 0 Å². The van der Waals surface area contributed by atoms with E-state index in [1.165, 1.54) is 25.3 Å². The molecule has 2 aliphatic heterocycles. The second-order valence-corrected chi connectivity index (χ2v) is 10.1. The number of benzene rings is 2. The molecule has 3 heterocycles. The Bertz CT molecular complexity index is 1490. The third kappa shape index (κ3) is 5.74. The maximum Gasteiger partial charge on any atom is 0.416 e. The standard InChI is InChI=1S/C29H29F3N4O4/c1-40-11-10-33-27(38)20-8-9-25(23(14-20)34-28(39)19-4-2-5-22(13-19)29(30,31)32)35-15-18-12-21(17-35)24-6-3-7-26(37)36(24)16-18/h2-9,13-14,18,21H,10-12,15-17H2,1H3,(H,33,38)(H,34,39). The third-order valence-corrected chi connectivity index (χ3v) is 7.37. The monoisotopic (exact) mass is 554 g/mol. The number of pyridine rings is 1. The average molecular weight is 555 g/mol. The van der Waals surface area contributed by atoms with Gasteiger partial charge >= 0.3 is 6.18 Å². The van der Waals surface area contributed by atoms with Crippen molar-refractivity contribution in [2.75, 3.05) is 43.6 Å². The van der Waals surface area contributed by atoms with Crippen molar-refractivity contribution in [3.05, 3.63) is 93.4 Å². The van der Waals surface area contributed by atoms with Crippen LogP contribution in [-0.4, -0.2) is 49.7 Å². The molecule has 11 heteroatoms. The zero-order valence-electron chi connectivity index (χ0n) is 21.8. The maximum absolute atomic E-state index is 13.3. The molecule has 2 aliphatic rings. The van der Waals surface area contributed by atoms with E-state index in [1.54, 1.807) is 24.3 Å². The quantitative estimate of drug-likeness (QED) is 0.429. The molecule has 2 unspecified atom stereocenters. The number of methoxy groups -OCH3 is 1. The highest BCUT2D eigenvalue weighted by Crippen LogP contribution is 2.39. The van der Waals surface area contributed by atoms with Gasteiger partial charge in [-0.05, 0) is 54.8 Å². The number of rotatable bonds is 7. The lowest BCUT2D eigenvalue weighted by molar-refractivity contribution is -0.137. The summed E-state index contributed by atoms with van der Waals surface area (Å²) in [7, 11) is 1.52. The average Bonchev–Trinajstić information content (AvgIpc) is 2.93. The topological polar surface area (TPSA) is 92.7 Å². The normalized spacial score (nSPS) is 18.1. The largest absolute Gasteiger partial charge is 0.416 e. The Labute approximate surface area is 228 Å². The molecule has 0 aliphatic carbocycles. The van der Waals surface area contributed by atoms with Crippen molar-refractivity contribution >= 4 is 23.2 Å². The second-order valence-electron chi connectivity index (χ2n) is 10.1. The van der Waals surface area contributed by atoms with E-state index in [-0.39, 0.29) is 41.0 Å². The molecule has 2 N–H and O–H groups in total. The van der Waals surface area contributed by atoms with Crippen LogP contribution in [0.1, 0.15) is 44.3 Å². The molecule has 1 aromatic heterocycles. The van der Waals surface area contributed by atoms with Gasteiger partial charge in [0.25, 0.3) is 17.4 Å². The molecule has 0 radical (unpaired) electrons. The number of alkyl halides is 3.